The predicted molar refractivity (Wildman–Crippen MR) is 75.5 cm³/mol. The fraction of sp³-hybridized carbons (Fsp3) is 0.0667. The normalized spacial score (nSPS) is 10.5. The first kappa shape index (κ1) is 11.1. The molecule has 3 rings (SSSR count). The van der Waals surface area contributed by atoms with Crippen LogP contribution in [0.4, 0.5) is 0 Å². The lowest BCUT2D eigenvalue weighted by molar-refractivity contribution is 1.26. The molecule has 2 heterocycles. The van der Waals surface area contributed by atoms with Gasteiger partial charge >= 0.3 is 0 Å². The Morgan fingerprint density at radius 1 is 1.06 bits per heavy atom. The second kappa shape index (κ2) is 4.70. The number of aryl methyl sites for hydroxylation is 1. The molecule has 0 aliphatic rings. The SMILES string of the molecule is Cc1cnccc1-c1nc(-c2ccccc2)cs1. The van der Waals surface area contributed by atoms with Crippen LogP contribution in [0.5, 0.6) is 0 Å². The molecule has 0 unspecified atom stereocenters. The molecular weight excluding hydrogens is 240 g/mol. The third-order valence-electron chi connectivity index (χ3n) is 2.82. The number of hydrogen-bond donors (Lipinski definition) is 0. The van der Waals surface area contributed by atoms with Gasteiger partial charge in [0.05, 0.1) is 5.69 Å². The van der Waals surface area contributed by atoms with Gasteiger partial charge in [-0.05, 0) is 18.6 Å². The fourth-order valence-electron chi connectivity index (χ4n) is 1.85. The lowest BCUT2D eigenvalue weighted by atomic mass is 10.1. The summed E-state index contributed by atoms with van der Waals surface area (Å²) in [5.74, 6) is 0. The van der Waals surface area contributed by atoms with Crippen molar-refractivity contribution in [2.75, 3.05) is 0 Å². The quantitative estimate of drug-likeness (QED) is 0.683. The summed E-state index contributed by atoms with van der Waals surface area (Å²) in [6, 6.07) is 12.3. The molecule has 0 saturated carbocycles. The molecule has 0 aliphatic carbocycles. The maximum absolute atomic E-state index is 4.70. The molecule has 0 radical (unpaired) electrons. The molecule has 2 aromatic heterocycles. The van der Waals surface area contributed by atoms with Gasteiger partial charge in [-0.2, -0.15) is 0 Å². The van der Waals surface area contributed by atoms with Gasteiger partial charge in [0.2, 0.25) is 0 Å². The minimum Gasteiger partial charge on any atom is -0.264 e. The van der Waals surface area contributed by atoms with E-state index in [-0.39, 0.29) is 0 Å². The maximum atomic E-state index is 4.70. The highest BCUT2D eigenvalue weighted by Crippen LogP contribution is 2.30. The van der Waals surface area contributed by atoms with Gasteiger partial charge < -0.3 is 0 Å². The standard InChI is InChI=1S/C15H12N2S/c1-11-9-16-8-7-13(11)15-17-14(10-18-15)12-5-3-2-4-6-12/h2-10H,1H3. The monoisotopic (exact) mass is 252 g/mol. The Hall–Kier alpha value is -2.00. The van der Waals surface area contributed by atoms with E-state index in [4.69, 9.17) is 4.98 Å². The second-order valence-electron chi connectivity index (χ2n) is 4.09. The molecular formula is C15H12N2S. The third kappa shape index (κ3) is 2.05. The van der Waals surface area contributed by atoms with Crippen molar-refractivity contribution >= 4 is 11.3 Å². The molecule has 0 aliphatic heterocycles. The zero-order valence-electron chi connectivity index (χ0n) is 10.00. The second-order valence-corrected chi connectivity index (χ2v) is 4.95. The highest BCUT2D eigenvalue weighted by atomic mass is 32.1. The zero-order valence-corrected chi connectivity index (χ0v) is 10.8. The highest BCUT2D eigenvalue weighted by molar-refractivity contribution is 7.13. The average molecular weight is 252 g/mol. The van der Waals surface area contributed by atoms with Crippen molar-refractivity contribution < 1.29 is 0 Å². The molecule has 3 heteroatoms. The van der Waals surface area contributed by atoms with Crippen molar-refractivity contribution in [2.24, 2.45) is 0 Å². The number of thiazole rings is 1. The van der Waals surface area contributed by atoms with Gasteiger partial charge in [-0.1, -0.05) is 30.3 Å². The van der Waals surface area contributed by atoms with Crippen molar-refractivity contribution in [2.45, 2.75) is 6.92 Å². The van der Waals surface area contributed by atoms with E-state index < -0.39 is 0 Å². The van der Waals surface area contributed by atoms with Crippen molar-refractivity contribution in [1.29, 1.82) is 0 Å². The van der Waals surface area contributed by atoms with E-state index >= 15 is 0 Å². The van der Waals surface area contributed by atoms with Gasteiger partial charge in [0.1, 0.15) is 5.01 Å². The molecule has 0 amide bonds. The number of nitrogens with zero attached hydrogens (tertiary/aromatic N) is 2. The molecule has 0 saturated heterocycles. The Labute approximate surface area is 110 Å². The predicted octanol–water partition coefficient (Wildman–Crippen LogP) is 4.18. The average Bonchev–Trinajstić information content (AvgIpc) is 2.90. The number of pyridine rings is 1. The van der Waals surface area contributed by atoms with Gasteiger partial charge in [0.25, 0.3) is 0 Å². The Balaban J connectivity index is 2.03. The Morgan fingerprint density at radius 2 is 1.89 bits per heavy atom. The minimum atomic E-state index is 1.03. The molecule has 0 fully saturated rings. The van der Waals surface area contributed by atoms with Crippen LogP contribution in [0.25, 0.3) is 21.8 Å². The van der Waals surface area contributed by atoms with Gasteiger partial charge in [-0.3, -0.25) is 4.98 Å². The molecule has 0 atom stereocenters. The summed E-state index contributed by atoms with van der Waals surface area (Å²) < 4.78 is 0. The van der Waals surface area contributed by atoms with E-state index in [9.17, 15) is 0 Å². The first-order chi connectivity index (χ1) is 8.84. The maximum Gasteiger partial charge on any atom is 0.124 e. The first-order valence-electron chi connectivity index (χ1n) is 5.76. The topological polar surface area (TPSA) is 25.8 Å². The number of hydrogen-bond acceptors (Lipinski definition) is 3. The van der Waals surface area contributed by atoms with Crippen LogP contribution in [-0.4, -0.2) is 9.97 Å². The van der Waals surface area contributed by atoms with Crippen molar-refractivity contribution in [3.63, 3.8) is 0 Å². The smallest absolute Gasteiger partial charge is 0.124 e. The fourth-order valence-corrected chi connectivity index (χ4v) is 2.77. The van der Waals surface area contributed by atoms with E-state index in [0.29, 0.717) is 0 Å². The lowest BCUT2D eigenvalue weighted by Gasteiger charge is -2.00. The van der Waals surface area contributed by atoms with Crippen LogP contribution in [0.1, 0.15) is 5.56 Å². The molecule has 2 nitrogen and oxygen atoms in total. The van der Waals surface area contributed by atoms with Crippen molar-refractivity contribution in [3.8, 4) is 21.8 Å². The van der Waals surface area contributed by atoms with Gasteiger partial charge in [-0.15, -0.1) is 11.3 Å². The summed E-state index contributed by atoms with van der Waals surface area (Å²) in [6.07, 6.45) is 3.69. The third-order valence-corrected chi connectivity index (χ3v) is 3.70. The van der Waals surface area contributed by atoms with Crippen LogP contribution in [0.15, 0.2) is 54.2 Å². The molecule has 1 aromatic carbocycles. The molecule has 0 spiro atoms. The Bertz CT molecular complexity index is 659. The van der Waals surface area contributed by atoms with Crippen LogP contribution in [0, 0.1) is 6.92 Å². The van der Waals surface area contributed by atoms with Gasteiger partial charge in [0, 0.05) is 28.9 Å². The van der Waals surface area contributed by atoms with E-state index in [1.165, 1.54) is 0 Å². The van der Waals surface area contributed by atoms with Gasteiger partial charge in [-0.25, -0.2) is 4.98 Å². The van der Waals surface area contributed by atoms with Crippen molar-refractivity contribution in [3.05, 3.63) is 59.7 Å². The van der Waals surface area contributed by atoms with Crippen LogP contribution in [-0.2, 0) is 0 Å². The van der Waals surface area contributed by atoms with E-state index in [1.807, 2.05) is 36.7 Å². The summed E-state index contributed by atoms with van der Waals surface area (Å²) in [4.78, 5) is 8.81. The zero-order chi connectivity index (χ0) is 12.4. The van der Waals surface area contributed by atoms with Crippen molar-refractivity contribution in [1.82, 2.24) is 9.97 Å². The van der Waals surface area contributed by atoms with E-state index in [0.717, 1.165) is 27.4 Å². The number of aromatic nitrogens is 2. The number of benzene rings is 1. The molecule has 0 N–H and O–H groups in total. The summed E-state index contributed by atoms with van der Waals surface area (Å²) >= 11 is 1.67. The van der Waals surface area contributed by atoms with Crippen LogP contribution >= 0.6 is 11.3 Å². The summed E-state index contributed by atoms with van der Waals surface area (Å²) in [5, 5.41) is 3.15. The highest BCUT2D eigenvalue weighted by Gasteiger charge is 2.08. The van der Waals surface area contributed by atoms with Crippen LogP contribution in [0.3, 0.4) is 0 Å². The molecule has 0 bridgehead atoms. The summed E-state index contributed by atoms with van der Waals surface area (Å²) in [5.41, 5.74) is 4.52. The summed E-state index contributed by atoms with van der Waals surface area (Å²) in [7, 11) is 0. The largest absolute Gasteiger partial charge is 0.264 e. The number of rotatable bonds is 2. The Morgan fingerprint density at radius 3 is 2.67 bits per heavy atom. The van der Waals surface area contributed by atoms with Gasteiger partial charge in [0.15, 0.2) is 0 Å². The molecule has 88 valence electrons. The van der Waals surface area contributed by atoms with E-state index in [2.05, 4.69) is 29.4 Å². The van der Waals surface area contributed by atoms with Crippen LogP contribution < -0.4 is 0 Å². The van der Waals surface area contributed by atoms with Crippen LogP contribution in [0.2, 0.25) is 0 Å². The van der Waals surface area contributed by atoms with E-state index in [1.54, 1.807) is 11.3 Å². The molecule has 3 aromatic rings. The summed E-state index contributed by atoms with van der Waals surface area (Å²) in [6.45, 7) is 2.06. The lowest BCUT2D eigenvalue weighted by Crippen LogP contribution is -1.84. The Kier molecular flexibility index (Phi) is 2.90. The molecule has 18 heavy (non-hydrogen) atoms. The minimum absolute atomic E-state index is 1.03. The first-order valence-corrected chi connectivity index (χ1v) is 6.64.